The van der Waals surface area contributed by atoms with E-state index in [0.29, 0.717) is 13.1 Å². The molecule has 0 spiro atoms. The van der Waals surface area contributed by atoms with E-state index in [-0.39, 0.29) is 22.8 Å². The first kappa shape index (κ1) is 23.0. The van der Waals surface area contributed by atoms with Gasteiger partial charge in [-0.15, -0.1) is 0 Å². The SMILES string of the molecule is COc1ccc(C(=O)OCc2ccc(-n3nc(C)cc3C)cc2)cc1S(=O)(=O)N1CCCC1. The van der Waals surface area contributed by atoms with Gasteiger partial charge in [-0.1, -0.05) is 12.1 Å². The number of sulfonamides is 1. The Bertz CT molecular complexity index is 1260. The van der Waals surface area contributed by atoms with Crippen molar-refractivity contribution in [3.8, 4) is 11.4 Å². The van der Waals surface area contributed by atoms with Crippen molar-refractivity contribution in [2.24, 2.45) is 0 Å². The molecule has 0 aliphatic carbocycles. The number of esters is 1. The number of aryl methyl sites for hydroxylation is 2. The van der Waals surface area contributed by atoms with Crippen LogP contribution in [0.15, 0.2) is 53.4 Å². The number of nitrogens with zero attached hydrogens (tertiary/aromatic N) is 3. The summed E-state index contributed by atoms with van der Waals surface area (Å²) in [5.41, 5.74) is 3.87. The molecule has 0 bridgehead atoms. The van der Waals surface area contributed by atoms with Gasteiger partial charge in [-0.2, -0.15) is 9.40 Å². The molecule has 174 valence electrons. The third-order valence-corrected chi connectivity index (χ3v) is 7.56. The fraction of sp³-hybridized carbons (Fsp3) is 0.333. The smallest absolute Gasteiger partial charge is 0.338 e. The molecule has 0 atom stereocenters. The van der Waals surface area contributed by atoms with Crippen molar-refractivity contribution < 1.29 is 22.7 Å². The van der Waals surface area contributed by atoms with Crippen LogP contribution < -0.4 is 4.74 Å². The van der Waals surface area contributed by atoms with Gasteiger partial charge in [0.2, 0.25) is 10.0 Å². The average molecular weight is 470 g/mol. The number of hydrogen-bond donors (Lipinski definition) is 0. The topological polar surface area (TPSA) is 90.7 Å². The molecule has 0 unspecified atom stereocenters. The van der Waals surface area contributed by atoms with Gasteiger partial charge in [0.25, 0.3) is 0 Å². The summed E-state index contributed by atoms with van der Waals surface area (Å²) in [7, 11) is -2.34. The van der Waals surface area contributed by atoms with Gasteiger partial charge >= 0.3 is 5.97 Å². The van der Waals surface area contributed by atoms with E-state index in [0.717, 1.165) is 35.5 Å². The van der Waals surface area contributed by atoms with Crippen molar-refractivity contribution in [2.75, 3.05) is 20.2 Å². The predicted molar refractivity (Wildman–Crippen MR) is 123 cm³/mol. The lowest BCUT2D eigenvalue weighted by molar-refractivity contribution is 0.0472. The van der Waals surface area contributed by atoms with Gasteiger partial charge in [-0.05, 0) is 68.7 Å². The second-order valence-electron chi connectivity index (χ2n) is 8.06. The van der Waals surface area contributed by atoms with Gasteiger partial charge in [0.1, 0.15) is 17.3 Å². The molecule has 2 heterocycles. The second-order valence-corrected chi connectivity index (χ2v) is 9.96. The lowest BCUT2D eigenvalue weighted by atomic mass is 10.2. The Morgan fingerprint density at radius 2 is 1.73 bits per heavy atom. The van der Waals surface area contributed by atoms with Crippen LogP contribution in [-0.4, -0.2) is 48.7 Å². The van der Waals surface area contributed by atoms with E-state index < -0.39 is 16.0 Å². The molecule has 1 aliphatic rings. The number of aromatic nitrogens is 2. The second kappa shape index (κ2) is 9.36. The third-order valence-electron chi connectivity index (χ3n) is 5.64. The Labute approximate surface area is 193 Å². The van der Waals surface area contributed by atoms with E-state index in [4.69, 9.17) is 9.47 Å². The van der Waals surface area contributed by atoms with Gasteiger partial charge in [-0.3, -0.25) is 0 Å². The molecular weight excluding hydrogens is 442 g/mol. The number of carbonyl (C=O) groups excluding carboxylic acids is 1. The predicted octanol–water partition coefficient (Wildman–Crippen LogP) is 3.64. The van der Waals surface area contributed by atoms with Crippen molar-refractivity contribution in [3.05, 3.63) is 71.0 Å². The van der Waals surface area contributed by atoms with Crippen molar-refractivity contribution in [1.82, 2.24) is 14.1 Å². The van der Waals surface area contributed by atoms with Crippen LogP contribution in [0, 0.1) is 13.8 Å². The van der Waals surface area contributed by atoms with Gasteiger partial charge < -0.3 is 9.47 Å². The van der Waals surface area contributed by atoms with Gasteiger partial charge in [0.15, 0.2) is 0 Å². The molecule has 1 saturated heterocycles. The normalized spacial score (nSPS) is 14.4. The number of benzene rings is 2. The molecule has 33 heavy (non-hydrogen) atoms. The molecule has 9 heteroatoms. The van der Waals surface area contributed by atoms with E-state index in [1.165, 1.54) is 29.6 Å². The minimum Gasteiger partial charge on any atom is -0.495 e. The summed E-state index contributed by atoms with van der Waals surface area (Å²) in [6.45, 7) is 4.93. The van der Waals surface area contributed by atoms with E-state index in [1.807, 2.05) is 48.9 Å². The van der Waals surface area contributed by atoms with Crippen molar-refractivity contribution in [3.63, 3.8) is 0 Å². The largest absolute Gasteiger partial charge is 0.495 e. The maximum atomic E-state index is 13.0. The summed E-state index contributed by atoms with van der Waals surface area (Å²) < 4.78 is 40.0. The lowest BCUT2D eigenvalue weighted by Gasteiger charge is -2.18. The maximum Gasteiger partial charge on any atom is 0.338 e. The van der Waals surface area contributed by atoms with Crippen LogP contribution in [0.3, 0.4) is 0 Å². The Kier molecular flexibility index (Phi) is 6.53. The molecule has 1 fully saturated rings. The first-order valence-electron chi connectivity index (χ1n) is 10.8. The molecule has 1 aromatic heterocycles. The number of rotatable bonds is 7. The molecule has 0 N–H and O–H groups in total. The fourth-order valence-corrected chi connectivity index (χ4v) is 5.63. The zero-order valence-corrected chi connectivity index (χ0v) is 19.8. The molecule has 3 aromatic rings. The number of hydrogen-bond acceptors (Lipinski definition) is 6. The van der Waals surface area contributed by atoms with Gasteiger partial charge in [-0.25, -0.2) is 17.9 Å². The molecule has 1 aliphatic heterocycles. The highest BCUT2D eigenvalue weighted by molar-refractivity contribution is 7.89. The summed E-state index contributed by atoms with van der Waals surface area (Å²) in [5.74, 6) is -0.392. The van der Waals surface area contributed by atoms with Crippen LogP contribution in [0.1, 0.15) is 40.2 Å². The lowest BCUT2D eigenvalue weighted by Crippen LogP contribution is -2.28. The molecule has 0 radical (unpaired) electrons. The van der Waals surface area contributed by atoms with Crippen molar-refractivity contribution in [2.45, 2.75) is 38.2 Å². The summed E-state index contributed by atoms with van der Waals surface area (Å²) in [4.78, 5) is 12.7. The number of methoxy groups -OCH3 is 1. The highest BCUT2D eigenvalue weighted by Gasteiger charge is 2.30. The van der Waals surface area contributed by atoms with Crippen LogP contribution in [0.2, 0.25) is 0 Å². The Morgan fingerprint density at radius 3 is 2.33 bits per heavy atom. The maximum absolute atomic E-state index is 13.0. The number of carbonyl (C=O) groups is 1. The highest BCUT2D eigenvalue weighted by Crippen LogP contribution is 2.30. The van der Waals surface area contributed by atoms with Gasteiger partial charge in [0, 0.05) is 18.8 Å². The zero-order chi connectivity index (χ0) is 23.6. The highest BCUT2D eigenvalue weighted by atomic mass is 32.2. The van der Waals surface area contributed by atoms with Crippen LogP contribution in [0.4, 0.5) is 0 Å². The summed E-state index contributed by atoms with van der Waals surface area (Å²) in [5, 5.41) is 4.46. The summed E-state index contributed by atoms with van der Waals surface area (Å²) in [6, 6.07) is 13.9. The molecular formula is C24H27N3O5S. The average Bonchev–Trinajstić information content (AvgIpc) is 3.47. The van der Waals surface area contributed by atoms with Crippen LogP contribution in [-0.2, 0) is 21.4 Å². The minimum absolute atomic E-state index is 0.0180. The summed E-state index contributed by atoms with van der Waals surface area (Å²) >= 11 is 0. The zero-order valence-electron chi connectivity index (χ0n) is 18.9. The quantitative estimate of drug-likeness (QED) is 0.491. The van der Waals surface area contributed by atoms with Crippen molar-refractivity contribution in [1.29, 1.82) is 0 Å². The van der Waals surface area contributed by atoms with E-state index in [9.17, 15) is 13.2 Å². The van der Waals surface area contributed by atoms with E-state index in [1.54, 1.807) is 0 Å². The molecule has 4 rings (SSSR count). The molecule has 2 aromatic carbocycles. The van der Waals surface area contributed by atoms with Crippen LogP contribution in [0.25, 0.3) is 5.69 Å². The van der Waals surface area contributed by atoms with Crippen LogP contribution in [0.5, 0.6) is 5.75 Å². The molecule has 0 saturated carbocycles. The van der Waals surface area contributed by atoms with Crippen molar-refractivity contribution >= 4 is 16.0 Å². The van der Waals surface area contributed by atoms with E-state index >= 15 is 0 Å². The Hall–Kier alpha value is -3.17. The monoisotopic (exact) mass is 469 g/mol. The van der Waals surface area contributed by atoms with E-state index in [2.05, 4.69) is 5.10 Å². The standard InChI is InChI=1S/C24H27N3O5S/c1-17-14-18(2)27(25-17)21-9-6-19(7-10-21)16-32-24(28)20-8-11-22(31-3)23(15-20)33(29,30)26-12-4-5-13-26/h6-11,14-15H,4-5,12-13,16H2,1-3H3. The third kappa shape index (κ3) is 4.79. The number of ether oxygens (including phenoxy) is 2. The first-order chi connectivity index (χ1) is 15.8. The fourth-order valence-electron chi connectivity index (χ4n) is 3.93. The Morgan fingerprint density at radius 1 is 1.03 bits per heavy atom. The minimum atomic E-state index is -3.75. The summed E-state index contributed by atoms with van der Waals surface area (Å²) in [6.07, 6.45) is 1.64. The molecule has 8 nitrogen and oxygen atoms in total. The van der Waals surface area contributed by atoms with Gasteiger partial charge in [0.05, 0.1) is 24.1 Å². The molecule has 0 amide bonds. The first-order valence-corrected chi connectivity index (χ1v) is 12.2. The Balaban J connectivity index is 1.48. The van der Waals surface area contributed by atoms with Crippen LogP contribution >= 0.6 is 0 Å².